The van der Waals surface area contributed by atoms with Gasteiger partial charge >= 0.3 is 0 Å². The first kappa shape index (κ1) is 15.0. The lowest BCUT2D eigenvalue weighted by Gasteiger charge is -2.37. The van der Waals surface area contributed by atoms with Crippen LogP contribution in [-0.2, 0) is 9.59 Å². The first-order chi connectivity index (χ1) is 10.5. The van der Waals surface area contributed by atoms with Gasteiger partial charge in [0.1, 0.15) is 0 Å². The maximum absolute atomic E-state index is 12.2. The first-order valence-corrected chi connectivity index (χ1v) is 7.81. The highest BCUT2D eigenvalue weighted by Gasteiger charge is 2.35. The van der Waals surface area contributed by atoms with Crippen molar-refractivity contribution in [3.63, 3.8) is 0 Å². The lowest BCUT2D eigenvalue weighted by Crippen LogP contribution is -2.54. The Balaban J connectivity index is 1.49. The lowest BCUT2D eigenvalue weighted by atomic mass is 10.2. The predicted octanol–water partition coefficient (Wildman–Crippen LogP) is 0.864. The molecule has 0 unspecified atom stereocenters. The van der Waals surface area contributed by atoms with Gasteiger partial charge in [0.25, 0.3) is 0 Å². The average Bonchev–Trinajstić information content (AvgIpc) is 3.29. The second kappa shape index (κ2) is 6.08. The molecular formula is C15H22N4O3. The van der Waals surface area contributed by atoms with Crippen LogP contribution in [-0.4, -0.2) is 59.0 Å². The third-order valence-corrected chi connectivity index (χ3v) is 4.35. The fourth-order valence-electron chi connectivity index (χ4n) is 2.73. The summed E-state index contributed by atoms with van der Waals surface area (Å²) in [6.45, 7) is 6.53. The van der Waals surface area contributed by atoms with E-state index in [1.165, 1.54) is 0 Å². The van der Waals surface area contributed by atoms with E-state index in [-0.39, 0.29) is 23.8 Å². The van der Waals surface area contributed by atoms with E-state index in [4.69, 9.17) is 4.52 Å². The molecule has 1 atom stereocenters. The van der Waals surface area contributed by atoms with Gasteiger partial charge in [0.15, 0.2) is 0 Å². The molecule has 1 saturated carbocycles. The van der Waals surface area contributed by atoms with Crippen molar-refractivity contribution < 1.29 is 14.1 Å². The summed E-state index contributed by atoms with van der Waals surface area (Å²) < 4.78 is 5.00. The number of piperazine rings is 1. The van der Waals surface area contributed by atoms with Crippen LogP contribution in [0.3, 0.4) is 0 Å². The molecule has 0 spiro atoms. The third kappa shape index (κ3) is 3.30. The van der Waals surface area contributed by atoms with Gasteiger partial charge in [-0.3, -0.25) is 19.8 Å². The Kier molecular flexibility index (Phi) is 4.15. The number of carbonyl (C=O) groups excluding carboxylic acids is 2. The van der Waals surface area contributed by atoms with Gasteiger partial charge in [-0.25, -0.2) is 0 Å². The van der Waals surface area contributed by atoms with Crippen molar-refractivity contribution in [2.24, 2.45) is 5.92 Å². The lowest BCUT2D eigenvalue weighted by molar-refractivity contribution is -0.135. The van der Waals surface area contributed by atoms with E-state index in [1.807, 2.05) is 11.8 Å². The molecule has 7 nitrogen and oxygen atoms in total. The summed E-state index contributed by atoms with van der Waals surface area (Å²) in [4.78, 5) is 28.3. The van der Waals surface area contributed by atoms with Crippen molar-refractivity contribution in [3.05, 3.63) is 11.8 Å². The number of anilines is 1. The number of aromatic nitrogens is 1. The number of nitrogens with zero attached hydrogens (tertiary/aromatic N) is 3. The van der Waals surface area contributed by atoms with Crippen LogP contribution in [0.5, 0.6) is 0 Å². The van der Waals surface area contributed by atoms with Gasteiger partial charge in [0.05, 0.1) is 11.7 Å². The molecule has 1 aliphatic heterocycles. The molecule has 0 aromatic carbocycles. The molecule has 2 fully saturated rings. The molecule has 1 saturated heterocycles. The van der Waals surface area contributed by atoms with Crippen LogP contribution in [0.15, 0.2) is 10.6 Å². The van der Waals surface area contributed by atoms with E-state index in [0.717, 1.165) is 31.6 Å². The minimum atomic E-state index is -0.261. The second-order valence-electron chi connectivity index (χ2n) is 6.13. The Bertz CT molecular complexity index is 559. The van der Waals surface area contributed by atoms with E-state index < -0.39 is 0 Å². The molecule has 1 aromatic rings. The molecule has 2 amide bonds. The van der Waals surface area contributed by atoms with Crippen LogP contribution in [0, 0.1) is 12.8 Å². The van der Waals surface area contributed by atoms with E-state index in [9.17, 15) is 9.59 Å². The Hall–Kier alpha value is -1.89. The van der Waals surface area contributed by atoms with E-state index in [1.54, 1.807) is 13.0 Å². The molecule has 2 aliphatic rings. The average molecular weight is 306 g/mol. The molecule has 120 valence electrons. The zero-order valence-electron chi connectivity index (χ0n) is 13.0. The SMILES string of the molecule is Cc1cc(NC(=O)[C@@H](C)N2CCN(C(=O)C3CC3)CC2)on1. The van der Waals surface area contributed by atoms with E-state index in [0.29, 0.717) is 19.0 Å². The van der Waals surface area contributed by atoms with Gasteiger partial charge in [0.2, 0.25) is 17.7 Å². The largest absolute Gasteiger partial charge is 0.340 e. The zero-order valence-corrected chi connectivity index (χ0v) is 13.0. The van der Waals surface area contributed by atoms with Gasteiger partial charge in [-0.05, 0) is 26.7 Å². The monoisotopic (exact) mass is 306 g/mol. The highest BCUT2D eigenvalue weighted by atomic mass is 16.5. The highest BCUT2D eigenvalue weighted by molar-refractivity contribution is 5.93. The van der Waals surface area contributed by atoms with Gasteiger partial charge in [0, 0.05) is 38.2 Å². The molecule has 1 N–H and O–H groups in total. The van der Waals surface area contributed by atoms with Crippen molar-refractivity contribution >= 4 is 17.7 Å². The number of nitrogens with one attached hydrogen (secondary N) is 1. The molecular weight excluding hydrogens is 284 g/mol. The minimum absolute atomic E-state index is 0.113. The summed E-state index contributed by atoms with van der Waals surface area (Å²) in [7, 11) is 0. The molecule has 7 heteroatoms. The summed E-state index contributed by atoms with van der Waals surface area (Å²) in [5.41, 5.74) is 0.732. The number of amides is 2. The normalized spacial score (nSPS) is 20.7. The number of hydrogen-bond acceptors (Lipinski definition) is 5. The molecule has 0 radical (unpaired) electrons. The number of aryl methyl sites for hydroxylation is 1. The smallest absolute Gasteiger partial charge is 0.243 e. The first-order valence-electron chi connectivity index (χ1n) is 7.81. The molecule has 0 bridgehead atoms. The van der Waals surface area contributed by atoms with Crippen molar-refractivity contribution in [1.29, 1.82) is 0 Å². The summed E-state index contributed by atoms with van der Waals surface area (Å²) in [6, 6.07) is 1.43. The summed E-state index contributed by atoms with van der Waals surface area (Å²) in [5, 5.41) is 6.48. The quantitative estimate of drug-likeness (QED) is 0.893. The molecule has 3 rings (SSSR count). The molecule has 22 heavy (non-hydrogen) atoms. The number of hydrogen-bond donors (Lipinski definition) is 1. The fourth-order valence-corrected chi connectivity index (χ4v) is 2.73. The van der Waals surface area contributed by atoms with E-state index in [2.05, 4.69) is 15.4 Å². The van der Waals surface area contributed by atoms with Gasteiger partial charge in [-0.2, -0.15) is 0 Å². The summed E-state index contributed by atoms with van der Waals surface area (Å²) >= 11 is 0. The van der Waals surface area contributed by atoms with Crippen molar-refractivity contribution in [3.8, 4) is 0 Å². The number of rotatable bonds is 4. The van der Waals surface area contributed by atoms with Gasteiger partial charge in [-0.15, -0.1) is 0 Å². The highest BCUT2D eigenvalue weighted by Crippen LogP contribution is 2.31. The van der Waals surface area contributed by atoms with Gasteiger partial charge in [-0.1, -0.05) is 5.16 Å². The fraction of sp³-hybridized carbons (Fsp3) is 0.667. The third-order valence-electron chi connectivity index (χ3n) is 4.35. The van der Waals surface area contributed by atoms with Crippen LogP contribution in [0.4, 0.5) is 5.88 Å². The van der Waals surface area contributed by atoms with Crippen LogP contribution in [0.25, 0.3) is 0 Å². The number of carbonyl (C=O) groups is 2. The summed E-state index contributed by atoms with van der Waals surface area (Å²) in [6.07, 6.45) is 2.07. The summed E-state index contributed by atoms with van der Waals surface area (Å²) in [5.74, 6) is 0.811. The Labute approximate surface area is 129 Å². The Morgan fingerprint density at radius 1 is 1.32 bits per heavy atom. The van der Waals surface area contributed by atoms with Crippen LogP contribution >= 0.6 is 0 Å². The van der Waals surface area contributed by atoms with Gasteiger partial charge < -0.3 is 9.42 Å². The van der Waals surface area contributed by atoms with Crippen molar-refractivity contribution in [1.82, 2.24) is 15.0 Å². The van der Waals surface area contributed by atoms with Crippen molar-refractivity contribution in [2.45, 2.75) is 32.7 Å². The maximum atomic E-state index is 12.2. The van der Waals surface area contributed by atoms with Crippen molar-refractivity contribution in [2.75, 3.05) is 31.5 Å². The molecule has 1 aromatic heterocycles. The topological polar surface area (TPSA) is 78.7 Å². The Morgan fingerprint density at radius 2 is 2.00 bits per heavy atom. The van der Waals surface area contributed by atoms with Crippen LogP contribution in [0.2, 0.25) is 0 Å². The van der Waals surface area contributed by atoms with E-state index >= 15 is 0 Å². The minimum Gasteiger partial charge on any atom is -0.340 e. The predicted molar refractivity (Wildman–Crippen MR) is 80.2 cm³/mol. The molecule has 1 aliphatic carbocycles. The maximum Gasteiger partial charge on any atom is 0.243 e. The standard InChI is InChI=1S/C15H22N4O3/c1-10-9-13(22-17-10)16-14(20)11(2)18-5-7-19(8-6-18)15(21)12-3-4-12/h9,11-12H,3-8H2,1-2H3,(H,16,20)/t11-/m1/s1. The van der Waals surface area contributed by atoms with Crippen LogP contribution < -0.4 is 5.32 Å². The molecule has 2 heterocycles. The second-order valence-corrected chi connectivity index (χ2v) is 6.13. The zero-order chi connectivity index (χ0) is 15.7. The Morgan fingerprint density at radius 3 is 2.55 bits per heavy atom. The van der Waals surface area contributed by atoms with Crippen LogP contribution in [0.1, 0.15) is 25.5 Å².